The molecule has 1 aromatic carbocycles. The highest BCUT2D eigenvalue weighted by molar-refractivity contribution is 5.35. The lowest BCUT2D eigenvalue weighted by atomic mass is 9.99. The van der Waals surface area contributed by atoms with Crippen molar-refractivity contribution < 1.29 is 18.0 Å². The summed E-state index contributed by atoms with van der Waals surface area (Å²) in [5.41, 5.74) is 6.31. The van der Waals surface area contributed by atoms with Crippen LogP contribution in [0.3, 0.4) is 0 Å². The Morgan fingerprint density at radius 1 is 1.27 bits per heavy atom. The van der Waals surface area contributed by atoms with Crippen molar-refractivity contribution in [3.05, 3.63) is 41.5 Å². The number of ether oxygens (including phenoxy) is 1. The van der Waals surface area contributed by atoms with Crippen LogP contribution < -0.4 is 10.5 Å². The summed E-state index contributed by atoms with van der Waals surface area (Å²) in [4.78, 5) is 4.33. The first kappa shape index (κ1) is 14.9. The number of benzene rings is 1. The van der Waals surface area contributed by atoms with Crippen molar-refractivity contribution in [2.24, 2.45) is 5.73 Å². The SMILES string of the molecule is NC1(c2noc(Cc3ccccc3OC(F)F)n2)CCCC1. The van der Waals surface area contributed by atoms with Gasteiger partial charge in [0, 0.05) is 5.56 Å². The van der Waals surface area contributed by atoms with Gasteiger partial charge >= 0.3 is 6.61 Å². The number of nitrogens with two attached hydrogens (primary N) is 1. The van der Waals surface area contributed by atoms with E-state index in [1.165, 1.54) is 6.07 Å². The van der Waals surface area contributed by atoms with Crippen LogP contribution in [0.15, 0.2) is 28.8 Å². The van der Waals surface area contributed by atoms with E-state index in [-0.39, 0.29) is 12.2 Å². The molecule has 0 unspecified atom stereocenters. The molecule has 0 saturated heterocycles. The maximum absolute atomic E-state index is 12.4. The zero-order chi connectivity index (χ0) is 15.6. The first-order valence-corrected chi connectivity index (χ1v) is 7.21. The third kappa shape index (κ3) is 3.09. The summed E-state index contributed by atoms with van der Waals surface area (Å²) < 4.78 is 34.5. The number of halogens is 2. The molecule has 1 fully saturated rings. The Morgan fingerprint density at radius 3 is 2.73 bits per heavy atom. The number of para-hydroxylation sites is 1. The third-order valence-corrected chi connectivity index (χ3v) is 3.94. The Bertz CT molecular complexity index is 639. The molecule has 5 nitrogen and oxygen atoms in total. The molecular weight excluding hydrogens is 292 g/mol. The van der Waals surface area contributed by atoms with Gasteiger partial charge < -0.3 is 15.0 Å². The molecule has 2 N–H and O–H groups in total. The van der Waals surface area contributed by atoms with Gasteiger partial charge in [-0.05, 0) is 18.9 Å². The van der Waals surface area contributed by atoms with Crippen LogP contribution in [0.2, 0.25) is 0 Å². The molecule has 1 aliphatic rings. The van der Waals surface area contributed by atoms with Crippen LogP contribution in [-0.4, -0.2) is 16.8 Å². The molecule has 2 aromatic rings. The zero-order valence-corrected chi connectivity index (χ0v) is 12.0. The summed E-state index contributed by atoms with van der Waals surface area (Å²) in [5, 5.41) is 3.96. The fourth-order valence-corrected chi connectivity index (χ4v) is 2.78. The number of rotatable bonds is 5. The second-order valence-corrected chi connectivity index (χ2v) is 5.54. The monoisotopic (exact) mass is 309 g/mol. The van der Waals surface area contributed by atoms with Gasteiger partial charge in [-0.25, -0.2) is 0 Å². The Labute approximate surface area is 126 Å². The summed E-state index contributed by atoms with van der Waals surface area (Å²) in [5.74, 6) is 0.949. The standard InChI is InChI=1S/C15H17F2N3O2/c16-14(17)21-11-6-2-1-5-10(11)9-12-19-13(20-22-12)15(18)7-3-4-8-15/h1-2,5-6,14H,3-4,7-9,18H2. The molecule has 0 radical (unpaired) electrons. The summed E-state index contributed by atoms with van der Waals surface area (Å²) in [6.07, 6.45) is 3.98. The zero-order valence-electron chi connectivity index (χ0n) is 12.0. The van der Waals surface area contributed by atoms with Crippen LogP contribution in [0, 0.1) is 0 Å². The number of hydrogen-bond acceptors (Lipinski definition) is 5. The molecule has 0 spiro atoms. The number of aromatic nitrogens is 2. The van der Waals surface area contributed by atoms with Crippen LogP contribution >= 0.6 is 0 Å². The van der Waals surface area contributed by atoms with Gasteiger partial charge in [0.15, 0.2) is 5.82 Å². The average Bonchev–Trinajstić information content (AvgIpc) is 3.11. The van der Waals surface area contributed by atoms with Gasteiger partial charge in [0.05, 0.1) is 12.0 Å². The second kappa shape index (κ2) is 6.00. The van der Waals surface area contributed by atoms with Gasteiger partial charge in [0.2, 0.25) is 5.89 Å². The van der Waals surface area contributed by atoms with Gasteiger partial charge in [0.25, 0.3) is 0 Å². The van der Waals surface area contributed by atoms with E-state index < -0.39 is 12.2 Å². The van der Waals surface area contributed by atoms with Crippen molar-refractivity contribution in [3.8, 4) is 5.75 Å². The van der Waals surface area contributed by atoms with E-state index in [2.05, 4.69) is 14.9 Å². The van der Waals surface area contributed by atoms with Crippen molar-refractivity contribution in [3.63, 3.8) is 0 Å². The Balaban J connectivity index is 1.78. The third-order valence-electron chi connectivity index (χ3n) is 3.94. The fraction of sp³-hybridized carbons (Fsp3) is 0.467. The lowest BCUT2D eigenvalue weighted by molar-refractivity contribution is -0.0504. The van der Waals surface area contributed by atoms with Crippen LogP contribution in [0.1, 0.15) is 43.0 Å². The summed E-state index contributed by atoms with van der Waals surface area (Å²) in [6, 6.07) is 6.55. The van der Waals surface area contributed by atoms with E-state index in [1.807, 2.05) is 0 Å². The topological polar surface area (TPSA) is 74.2 Å². The molecule has 7 heteroatoms. The fourth-order valence-electron chi connectivity index (χ4n) is 2.78. The molecule has 1 saturated carbocycles. The minimum Gasteiger partial charge on any atom is -0.435 e. The van der Waals surface area contributed by atoms with Crippen molar-refractivity contribution >= 4 is 0 Å². The van der Waals surface area contributed by atoms with E-state index >= 15 is 0 Å². The maximum Gasteiger partial charge on any atom is 0.387 e. The molecule has 0 aliphatic heterocycles. The normalized spacial score (nSPS) is 17.1. The minimum atomic E-state index is -2.87. The predicted octanol–water partition coefficient (Wildman–Crippen LogP) is 2.99. The molecule has 1 heterocycles. The Kier molecular flexibility index (Phi) is 4.06. The van der Waals surface area contributed by atoms with E-state index in [0.29, 0.717) is 17.3 Å². The molecule has 0 bridgehead atoms. The molecular formula is C15H17F2N3O2. The van der Waals surface area contributed by atoms with Gasteiger partial charge in [-0.2, -0.15) is 13.8 Å². The van der Waals surface area contributed by atoms with Crippen LogP contribution in [0.4, 0.5) is 8.78 Å². The van der Waals surface area contributed by atoms with Crippen LogP contribution in [0.5, 0.6) is 5.75 Å². The van der Waals surface area contributed by atoms with E-state index in [4.69, 9.17) is 10.3 Å². The van der Waals surface area contributed by atoms with Crippen LogP contribution in [0.25, 0.3) is 0 Å². The smallest absolute Gasteiger partial charge is 0.387 e. The van der Waals surface area contributed by atoms with Crippen molar-refractivity contribution in [1.29, 1.82) is 0 Å². The van der Waals surface area contributed by atoms with Gasteiger partial charge in [-0.15, -0.1) is 0 Å². The van der Waals surface area contributed by atoms with Crippen molar-refractivity contribution in [2.75, 3.05) is 0 Å². The Morgan fingerprint density at radius 2 is 2.00 bits per heavy atom. The lowest BCUT2D eigenvalue weighted by Gasteiger charge is -2.17. The van der Waals surface area contributed by atoms with Crippen molar-refractivity contribution in [1.82, 2.24) is 10.1 Å². The number of hydrogen-bond donors (Lipinski definition) is 1. The maximum atomic E-state index is 12.4. The predicted molar refractivity (Wildman–Crippen MR) is 74.5 cm³/mol. The summed E-state index contributed by atoms with van der Waals surface area (Å²) in [6.45, 7) is -2.87. The minimum absolute atomic E-state index is 0.112. The molecule has 1 aliphatic carbocycles. The summed E-state index contributed by atoms with van der Waals surface area (Å²) >= 11 is 0. The molecule has 0 atom stereocenters. The quantitative estimate of drug-likeness (QED) is 0.919. The summed E-state index contributed by atoms with van der Waals surface area (Å²) in [7, 11) is 0. The highest BCUT2D eigenvalue weighted by Gasteiger charge is 2.36. The lowest BCUT2D eigenvalue weighted by Crippen LogP contribution is -2.34. The van der Waals surface area contributed by atoms with Gasteiger partial charge in [0.1, 0.15) is 5.75 Å². The molecule has 3 rings (SSSR count). The number of alkyl halides is 2. The number of nitrogens with zero attached hydrogens (tertiary/aromatic N) is 2. The first-order valence-electron chi connectivity index (χ1n) is 7.21. The molecule has 0 amide bonds. The van der Waals surface area contributed by atoms with Gasteiger partial charge in [-0.3, -0.25) is 0 Å². The Hall–Kier alpha value is -2.02. The molecule has 22 heavy (non-hydrogen) atoms. The highest BCUT2D eigenvalue weighted by Crippen LogP contribution is 2.34. The highest BCUT2D eigenvalue weighted by atomic mass is 19.3. The first-order chi connectivity index (χ1) is 10.6. The van der Waals surface area contributed by atoms with Crippen molar-refractivity contribution in [2.45, 2.75) is 44.3 Å². The molecule has 1 aromatic heterocycles. The van der Waals surface area contributed by atoms with E-state index in [9.17, 15) is 8.78 Å². The van der Waals surface area contributed by atoms with Crippen LogP contribution in [-0.2, 0) is 12.0 Å². The molecule has 118 valence electrons. The largest absolute Gasteiger partial charge is 0.435 e. The van der Waals surface area contributed by atoms with E-state index in [1.54, 1.807) is 18.2 Å². The van der Waals surface area contributed by atoms with Gasteiger partial charge in [-0.1, -0.05) is 36.2 Å². The van der Waals surface area contributed by atoms with E-state index in [0.717, 1.165) is 25.7 Å². The second-order valence-electron chi connectivity index (χ2n) is 5.54. The average molecular weight is 309 g/mol.